The summed E-state index contributed by atoms with van der Waals surface area (Å²) in [7, 11) is 0. The van der Waals surface area contributed by atoms with E-state index in [1.165, 1.54) is 11.6 Å². The van der Waals surface area contributed by atoms with Gasteiger partial charge in [-0.25, -0.2) is 0 Å². The Morgan fingerprint density at radius 1 is 1.32 bits per heavy atom. The zero-order valence-corrected chi connectivity index (χ0v) is 11.9. The Kier molecular flexibility index (Phi) is 6.30. The molecule has 0 bridgehead atoms. The number of aliphatic hydroxyl groups is 1. The van der Waals surface area contributed by atoms with Gasteiger partial charge >= 0.3 is 0 Å². The summed E-state index contributed by atoms with van der Waals surface area (Å²) in [6.45, 7) is 6.20. The lowest BCUT2D eigenvalue weighted by molar-refractivity contribution is -0.117. The molecule has 1 rings (SSSR count). The van der Waals surface area contributed by atoms with Crippen molar-refractivity contribution < 1.29 is 9.90 Å². The van der Waals surface area contributed by atoms with Gasteiger partial charge in [0.25, 0.3) is 0 Å². The molecule has 2 N–H and O–H groups in total. The average Bonchev–Trinajstić information content (AvgIpc) is 2.43. The second-order valence-corrected chi connectivity index (χ2v) is 4.95. The molecule has 0 aliphatic rings. The van der Waals surface area contributed by atoms with Crippen LogP contribution in [0.15, 0.2) is 30.3 Å². The van der Waals surface area contributed by atoms with Gasteiger partial charge in [0.2, 0.25) is 5.91 Å². The molecule has 1 aromatic carbocycles. The highest BCUT2D eigenvalue weighted by atomic mass is 16.3. The van der Waals surface area contributed by atoms with Gasteiger partial charge in [0.1, 0.15) is 0 Å². The first-order chi connectivity index (χ1) is 9.06. The summed E-state index contributed by atoms with van der Waals surface area (Å²) in [4.78, 5) is 11.6. The Labute approximate surface area is 115 Å². The van der Waals surface area contributed by atoms with E-state index in [1.54, 1.807) is 6.08 Å². The molecule has 0 aliphatic heterocycles. The van der Waals surface area contributed by atoms with E-state index in [-0.39, 0.29) is 18.6 Å². The van der Waals surface area contributed by atoms with Crippen LogP contribution in [-0.2, 0) is 4.79 Å². The molecule has 0 heterocycles. The van der Waals surface area contributed by atoms with E-state index in [0.717, 1.165) is 12.0 Å². The quantitative estimate of drug-likeness (QED) is 0.774. The topological polar surface area (TPSA) is 49.3 Å². The first kappa shape index (κ1) is 15.4. The van der Waals surface area contributed by atoms with Crippen molar-refractivity contribution in [2.24, 2.45) is 0 Å². The summed E-state index contributed by atoms with van der Waals surface area (Å²) in [5, 5.41) is 11.7. The van der Waals surface area contributed by atoms with E-state index in [4.69, 9.17) is 5.11 Å². The monoisotopic (exact) mass is 261 g/mol. The van der Waals surface area contributed by atoms with Crippen molar-refractivity contribution in [2.75, 3.05) is 6.61 Å². The SMILES string of the molecule is CC[C@@H](CO)NC(=O)/C=C/c1ccc(C(C)C)cc1. The summed E-state index contributed by atoms with van der Waals surface area (Å²) in [5.74, 6) is 0.338. The smallest absolute Gasteiger partial charge is 0.244 e. The fourth-order valence-corrected chi connectivity index (χ4v) is 1.69. The number of amides is 1. The average molecular weight is 261 g/mol. The summed E-state index contributed by atoms with van der Waals surface area (Å²) in [6, 6.07) is 7.99. The van der Waals surface area contributed by atoms with Crippen LogP contribution in [0.4, 0.5) is 0 Å². The lowest BCUT2D eigenvalue weighted by Crippen LogP contribution is -2.35. The van der Waals surface area contributed by atoms with Gasteiger partial charge in [-0.15, -0.1) is 0 Å². The Morgan fingerprint density at radius 3 is 2.42 bits per heavy atom. The van der Waals surface area contributed by atoms with E-state index < -0.39 is 0 Å². The van der Waals surface area contributed by atoms with Crippen LogP contribution in [0.25, 0.3) is 6.08 Å². The van der Waals surface area contributed by atoms with Crippen molar-refractivity contribution in [1.82, 2.24) is 5.32 Å². The van der Waals surface area contributed by atoms with Crippen LogP contribution >= 0.6 is 0 Å². The van der Waals surface area contributed by atoms with E-state index in [2.05, 4.69) is 31.3 Å². The van der Waals surface area contributed by atoms with E-state index in [0.29, 0.717) is 5.92 Å². The van der Waals surface area contributed by atoms with Crippen molar-refractivity contribution in [3.05, 3.63) is 41.5 Å². The van der Waals surface area contributed by atoms with E-state index in [1.807, 2.05) is 19.1 Å². The van der Waals surface area contributed by atoms with Crippen molar-refractivity contribution >= 4 is 12.0 Å². The molecule has 3 nitrogen and oxygen atoms in total. The molecule has 0 unspecified atom stereocenters. The zero-order valence-electron chi connectivity index (χ0n) is 11.9. The molecule has 0 aromatic heterocycles. The maximum Gasteiger partial charge on any atom is 0.244 e. The molecule has 0 saturated carbocycles. The third kappa shape index (κ3) is 5.26. The van der Waals surface area contributed by atoms with Crippen LogP contribution in [0, 0.1) is 0 Å². The third-order valence-corrected chi connectivity index (χ3v) is 3.09. The van der Waals surface area contributed by atoms with Gasteiger partial charge in [0.15, 0.2) is 0 Å². The predicted octanol–water partition coefficient (Wildman–Crippen LogP) is 2.71. The Morgan fingerprint density at radius 2 is 1.95 bits per heavy atom. The highest BCUT2D eigenvalue weighted by molar-refractivity contribution is 5.91. The summed E-state index contributed by atoms with van der Waals surface area (Å²) < 4.78 is 0. The van der Waals surface area contributed by atoms with Gasteiger partial charge in [-0.3, -0.25) is 4.79 Å². The molecule has 1 atom stereocenters. The Balaban J connectivity index is 2.58. The molecule has 104 valence electrons. The molecule has 0 spiro atoms. The van der Waals surface area contributed by atoms with Gasteiger partial charge in [-0.2, -0.15) is 0 Å². The summed E-state index contributed by atoms with van der Waals surface area (Å²) in [6.07, 6.45) is 4.01. The minimum Gasteiger partial charge on any atom is -0.394 e. The highest BCUT2D eigenvalue weighted by Crippen LogP contribution is 2.15. The van der Waals surface area contributed by atoms with Crippen LogP contribution in [0.3, 0.4) is 0 Å². The maximum atomic E-state index is 11.6. The van der Waals surface area contributed by atoms with Crippen LogP contribution in [0.5, 0.6) is 0 Å². The molecular formula is C16H23NO2. The minimum absolute atomic E-state index is 0.0286. The van der Waals surface area contributed by atoms with Gasteiger partial charge in [0, 0.05) is 6.08 Å². The van der Waals surface area contributed by atoms with Crippen LogP contribution < -0.4 is 5.32 Å². The molecule has 3 heteroatoms. The largest absolute Gasteiger partial charge is 0.394 e. The van der Waals surface area contributed by atoms with Crippen molar-refractivity contribution in [3.8, 4) is 0 Å². The zero-order chi connectivity index (χ0) is 14.3. The second kappa shape index (κ2) is 7.74. The highest BCUT2D eigenvalue weighted by Gasteiger charge is 2.05. The van der Waals surface area contributed by atoms with Crippen LogP contribution in [-0.4, -0.2) is 23.7 Å². The molecule has 0 saturated heterocycles. The number of nitrogens with one attached hydrogen (secondary N) is 1. The van der Waals surface area contributed by atoms with Crippen LogP contribution in [0.2, 0.25) is 0 Å². The standard InChI is InChI=1S/C16H23NO2/c1-4-15(11-18)17-16(19)10-7-13-5-8-14(9-6-13)12(2)3/h5-10,12,15,18H,4,11H2,1-3H3,(H,17,19)/b10-7+/t15-/m0/s1. The van der Waals surface area contributed by atoms with Crippen molar-refractivity contribution in [3.63, 3.8) is 0 Å². The third-order valence-electron chi connectivity index (χ3n) is 3.09. The lowest BCUT2D eigenvalue weighted by Gasteiger charge is -2.11. The van der Waals surface area contributed by atoms with E-state index in [9.17, 15) is 4.79 Å². The minimum atomic E-state index is -0.172. The fraction of sp³-hybridized carbons (Fsp3) is 0.438. The Bertz CT molecular complexity index is 417. The molecular weight excluding hydrogens is 238 g/mol. The first-order valence-electron chi connectivity index (χ1n) is 6.76. The predicted molar refractivity (Wildman–Crippen MR) is 78.9 cm³/mol. The fourth-order valence-electron chi connectivity index (χ4n) is 1.69. The molecule has 0 fully saturated rings. The van der Waals surface area contributed by atoms with Gasteiger partial charge in [-0.05, 0) is 29.5 Å². The summed E-state index contributed by atoms with van der Waals surface area (Å²) in [5.41, 5.74) is 2.28. The maximum absolute atomic E-state index is 11.6. The van der Waals surface area contributed by atoms with E-state index >= 15 is 0 Å². The number of carbonyl (C=O) groups is 1. The number of benzene rings is 1. The van der Waals surface area contributed by atoms with Gasteiger partial charge in [-0.1, -0.05) is 45.0 Å². The van der Waals surface area contributed by atoms with Gasteiger partial charge < -0.3 is 10.4 Å². The normalized spacial score (nSPS) is 12.9. The summed E-state index contributed by atoms with van der Waals surface area (Å²) >= 11 is 0. The Hall–Kier alpha value is -1.61. The number of hydrogen-bond donors (Lipinski definition) is 2. The molecule has 19 heavy (non-hydrogen) atoms. The molecule has 0 aliphatic carbocycles. The van der Waals surface area contributed by atoms with Crippen molar-refractivity contribution in [2.45, 2.75) is 39.2 Å². The number of aliphatic hydroxyl groups excluding tert-OH is 1. The number of carbonyl (C=O) groups excluding carboxylic acids is 1. The lowest BCUT2D eigenvalue weighted by atomic mass is 10.0. The van der Waals surface area contributed by atoms with Crippen molar-refractivity contribution in [1.29, 1.82) is 0 Å². The number of rotatable bonds is 6. The second-order valence-electron chi connectivity index (χ2n) is 4.95. The molecule has 1 aromatic rings. The number of hydrogen-bond acceptors (Lipinski definition) is 2. The van der Waals surface area contributed by atoms with Crippen LogP contribution in [0.1, 0.15) is 44.2 Å². The van der Waals surface area contributed by atoms with Gasteiger partial charge in [0.05, 0.1) is 12.6 Å². The molecule has 0 radical (unpaired) electrons. The first-order valence-corrected chi connectivity index (χ1v) is 6.76. The molecule has 1 amide bonds.